The first kappa shape index (κ1) is 19.7. The molecule has 0 atom stereocenters. The lowest BCUT2D eigenvalue weighted by Gasteiger charge is -2.10. The van der Waals surface area contributed by atoms with E-state index in [1.807, 2.05) is 0 Å². The number of hydrogen-bond donors (Lipinski definition) is 0. The molecule has 0 spiro atoms. The van der Waals surface area contributed by atoms with Gasteiger partial charge in [-0.05, 0) is 49.4 Å². The minimum atomic E-state index is -4.49. The lowest BCUT2D eigenvalue weighted by atomic mass is 9.97. The Morgan fingerprint density at radius 1 is 1.13 bits per heavy atom. The van der Waals surface area contributed by atoms with Crippen LogP contribution in [0.5, 0.6) is 0 Å². The maximum absolute atomic E-state index is 13.3. The topological polar surface area (TPSA) is 60.4 Å². The fourth-order valence-electron chi connectivity index (χ4n) is 3.85. The van der Waals surface area contributed by atoms with Crippen molar-refractivity contribution in [3.8, 4) is 11.3 Å². The summed E-state index contributed by atoms with van der Waals surface area (Å²) >= 11 is 1.55. The number of aromatic nitrogens is 2. The summed E-state index contributed by atoms with van der Waals surface area (Å²) in [5.74, 6) is 0.300. The SMILES string of the molecule is O=c1c2c3c(sc2ncn1/N=C/c1ccc(-c2ccccc2C(F)(F)F)o1)CCCC3. The number of hydrogen-bond acceptors (Lipinski definition) is 5. The van der Waals surface area contributed by atoms with Crippen LogP contribution < -0.4 is 5.56 Å². The molecule has 1 aliphatic carbocycles. The Labute approximate surface area is 178 Å². The molecule has 0 bridgehead atoms. The van der Waals surface area contributed by atoms with Gasteiger partial charge in [0.1, 0.15) is 22.7 Å². The Morgan fingerprint density at radius 3 is 2.77 bits per heavy atom. The summed E-state index contributed by atoms with van der Waals surface area (Å²) in [7, 11) is 0. The number of aryl methyl sites for hydroxylation is 2. The normalized spacial score (nSPS) is 14.4. The lowest BCUT2D eigenvalue weighted by molar-refractivity contribution is -0.137. The van der Waals surface area contributed by atoms with Crippen LogP contribution in [0.25, 0.3) is 21.5 Å². The van der Waals surface area contributed by atoms with Gasteiger partial charge < -0.3 is 4.42 Å². The van der Waals surface area contributed by atoms with Crippen LogP contribution in [0.3, 0.4) is 0 Å². The molecule has 3 aromatic heterocycles. The first-order chi connectivity index (χ1) is 14.9. The van der Waals surface area contributed by atoms with Gasteiger partial charge in [-0.3, -0.25) is 4.79 Å². The summed E-state index contributed by atoms with van der Waals surface area (Å²) in [4.78, 5) is 19.2. The molecule has 0 saturated carbocycles. The monoisotopic (exact) mass is 443 g/mol. The third-order valence-electron chi connectivity index (χ3n) is 5.29. The van der Waals surface area contributed by atoms with E-state index in [0.717, 1.165) is 42.0 Å². The molecule has 0 fully saturated rings. The van der Waals surface area contributed by atoms with Crippen molar-refractivity contribution in [3.05, 3.63) is 74.8 Å². The first-order valence-electron chi connectivity index (χ1n) is 9.74. The van der Waals surface area contributed by atoms with Crippen molar-refractivity contribution in [1.29, 1.82) is 0 Å². The zero-order valence-electron chi connectivity index (χ0n) is 16.1. The zero-order valence-corrected chi connectivity index (χ0v) is 17.0. The molecule has 158 valence electrons. The molecule has 0 N–H and O–H groups in total. The van der Waals surface area contributed by atoms with Gasteiger partial charge in [0.25, 0.3) is 5.56 Å². The smallest absolute Gasteiger partial charge is 0.417 e. The molecule has 31 heavy (non-hydrogen) atoms. The van der Waals surface area contributed by atoms with Gasteiger partial charge in [-0.2, -0.15) is 22.9 Å². The zero-order chi connectivity index (χ0) is 21.6. The van der Waals surface area contributed by atoms with E-state index in [1.54, 1.807) is 11.3 Å². The van der Waals surface area contributed by atoms with Crippen LogP contribution in [0.1, 0.15) is 34.6 Å². The van der Waals surface area contributed by atoms with E-state index in [9.17, 15) is 18.0 Å². The van der Waals surface area contributed by atoms with Gasteiger partial charge in [-0.25, -0.2) is 4.98 Å². The van der Waals surface area contributed by atoms with E-state index < -0.39 is 11.7 Å². The molecular weight excluding hydrogens is 427 g/mol. The maximum Gasteiger partial charge on any atom is 0.417 e. The third kappa shape index (κ3) is 3.59. The Morgan fingerprint density at radius 2 is 1.94 bits per heavy atom. The molecule has 0 aliphatic heterocycles. The van der Waals surface area contributed by atoms with Crippen molar-refractivity contribution >= 4 is 27.8 Å². The number of benzene rings is 1. The number of halogens is 3. The van der Waals surface area contributed by atoms with Gasteiger partial charge in [-0.1, -0.05) is 18.2 Å². The average molecular weight is 443 g/mol. The number of alkyl halides is 3. The predicted octanol–water partition coefficient (Wildman–Crippen LogP) is 5.50. The molecule has 5 rings (SSSR count). The van der Waals surface area contributed by atoms with E-state index in [1.165, 1.54) is 47.8 Å². The van der Waals surface area contributed by atoms with Gasteiger partial charge in [0, 0.05) is 10.4 Å². The number of thiophene rings is 1. The fraction of sp³-hybridized carbons (Fsp3) is 0.227. The van der Waals surface area contributed by atoms with Crippen molar-refractivity contribution in [2.24, 2.45) is 5.10 Å². The molecule has 1 aromatic carbocycles. The minimum absolute atomic E-state index is 0.0557. The highest BCUT2D eigenvalue weighted by Gasteiger charge is 2.34. The minimum Gasteiger partial charge on any atom is -0.455 e. The molecule has 9 heteroatoms. The highest BCUT2D eigenvalue weighted by atomic mass is 32.1. The quantitative estimate of drug-likeness (QED) is 0.393. The van der Waals surface area contributed by atoms with Crippen molar-refractivity contribution in [2.75, 3.05) is 0 Å². The van der Waals surface area contributed by atoms with E-state index in [2.05, 4.69) is 10.1 Å². The Hall–Kier alpha value is -3.20. The first-order valence-corrected chi connectivity index (χ1v) is 10.6. The molecular formula is C22H16F3N3O2S. The maximum atomic E-state index is 13.3. The largest absolute Gasteiger partial charge is 0.455 e. The van der Waals surface area contributed by atoms with Crippen molar-refractivity contribution in [1.82, 2.24) is 9.66 Å². The van der Waals surface area contributed by atoms with Crippen molar-refractivity contribution in [2.45, 2.75) is 31.9 Å². The molecule has 4 aromatic rings. The standard InChI is InChI=1S/C22H16F3N3O2S/c23-22(24,25)16-7-3-1-5-14(16)17-10-9-13(30-17)11-27-28-12-26-20-19(21(28)29)15-6-2-4-8-18(15)31-20/h1,3,5,7,9-12H,2,4,6,8H2/b27-11+. The van der Waals surface area contributed by atoms with Crippen LogP contribution in [0.2, 0.25) is 0 Å². The highest BCUT2D eigenvalue weighted by Crippen LogP contribution is 2.37. The highest BCUT2D eigenvalue weighted by molar-refractivity contribution is 7.18. The molecule has 5 nitrogen and oxygen atoms in total. The van der Waals surface area contributed by atoms with Crippen LogP contribution in [0.4, 0.5) is 13.2 Å². The van der Waals surface area contributed by atoms with Crippen molar-refractivity contribution in [3.63, 3.8) is 0 Å². The van der Waals surface area contributed by atoms with Gasteiger partial charge in [0.15, 0.2) is 0 Å². The summed E-state index contributed by atoms with van der Waals surface area (Å²) < 4.78 is 46.5. The molecule has 0 unspecified atom stereocenters. The molecule has 3 heterocycles. The van der Waals surface area contributed by atoms with E-state index in [4.69, 9.17) is 4.42 Å². The molecule has 1 aliphatic rings. The third-order valence-corrected chi connectivity index (χ3v) is 6.49. The predicted molar refractivity (Wildman–Crippen MR) is 113 cm³/mol. The van der Waals surface area contributed by atoms with Gasteiger partial charge in [0.05, 0.1) is 17.2 Å². The van der Waals surface area contributed by atoms with Crippen LogP contribution in [-0.2, 0) is 19.0 Å². The van der Waals surface area contributed by atoms with Crippen molar-refractivity contribution < 1.29 is 17.6 Å². The number of nitrogens with zero attached hydrogens (tertiary/aromatic N) is 3. The Bertz CT molecular complexity index is 1360. The Balaban J connectivity index is 1.48. The molecule has 0 saturated heterocycles. The number of rotatable bonds is 3. The molecule has 0 radical (unpaired) electrons. The van der Waals surface area contributed by atoms with Crippen LogP contribution in [0.15, 0.2) is 57.0 Å². The molecule has 0 amide bonds. The van der Waals surface area contributed by atoms with E-state index >= 15 is 0 Å². The average Bonchev–Trinajstić information content (AvgIpc) is 3.37. The van der Waals surface area contributed by atoms with E-state index in [-0.39, 0.29) is 22.6 Å². The van der Waals surface area contributed by atoms with Crippen LogP contribution in [0, 0.1) is 0 Å². The number of fused-ring (bicyclic) bond motifs is 3. The number of furan rings is 1. The van der Waals surface area contributed by atoms with Gasteiger partial charge >= 0.3 is 6.18 Å². The summed E-state index contributed by atoms with van der Waals surface area (Å²) in [5, 5.41) is 4.75. The second-order valence-electron chi connectivity index (χ2n) is 7.28. The second kappa shape index (κ2) is 7.49. The van der Waals surface area contributed by atoms with Gasteiger partial charge in [0.2, 0.25) is 0 Å². The van der Waals surface area contributed by atoms with E-state index in [0.29, 0.717) is 10.2 Å². The summed E-state index contributed by atoms with van der Waals surface area (Å²) in [6, 6.07) is 8.16. The second-order valence-corrected chi connectivity index (χ2v) is 8.36. The van der Waals surface area contributed by atoms with Crippen LogP contribution in [-0.4, -0.2) is 15.9 Å². The fourth-order valence-corrected chi connectivity index (χ4v) is 5.07. The Kier molecular flexibility index (Phi) is 4.77. The lowest BCUT2D eigenvalue weighted by Crippen LogP contribution is -2.17. The summed E-state index contributed by atoms with van der Waals surface area (Å²) in [6.45, 7) is 0. The summed E-state index contributed by atoms with van der Waals surface area (Å²) in [5.41, 5.74) is -0.0204. The van der Waals surface area contributed by atoms with Gasteiger partial charge in [-0.15, -0.1) is 11.3 Å². The summed E-state index contributed by atoms with van der Waals surface area (Å²) in [6.07, 6.45) is 2.15. The van der Waals surface area contributed by atoms with Crippen LogP contribution >= 0.6 is 11.3 Å².